The molecule has 0 radical (unpaired) electrons. The fourth-order valence-electron chi connectivity index (χ4n) is 5.14. The molecule has 0 bridgehead atoms. The van der Waals surface area contributed by atoms with E-state index < -0.39 is 11.2 Å². The van der Waals surface area contributed by atoms with Gasteiger partial charge in [-0.3, -0.25) is 9.78 Å². The van der Waals surface area contributed by atoms with Crippen LogP contribution >= 0.6 is 0 Å². The smallest absolute Gasteiger partial charge is 0.244 e. The number of fused-ring (bicyclic) bond motifs is 4. The molecule has 3 aliphatic rings. The summed E-state index contributed by atoms with van der Waals surface area (Å²) in [7, 11) is 0. The summed E-state index contributed by atoms with van der Waals surface area (Å²) in [5.74, 6) is 0.904. The highest BCUT2D eigenvalue weighted by Gasteiger charge is 2.70. The molecule has 164 valence electrons. The zero-order valence-electron chi connectivity index (χ0n) is 17.7. The Kier molecular flexibility index (Phi) is 3.52. The predicted octanol–water partition coefficient (Wildman–Crippen LogP) is 1.90. The molecule has 1 saturated heterocycles. The summed E-state index contributed by atoms with van der Waals surface area (Å²) in [6, 6.07) is 2.79. The highest BCUT2D eigenvalue weighted by Crippen LogP contribution is 2.60. The molecule has 4 aromatic heterocycles. The third-order valence-electron chi connectivity index (χ3n) is 6.72. The second kappa shape index (κ2) is 6.27. The van der Waals surface area contributed by atoms with Crippen molar-refractivity contribution in [3.8, 4) is 11.5 Å². The van der Waals surface area contributed by atoms with Gasteiger partial charge in [-0.1, -0.05) is 13.3 Å². The van der Waals surface area contributed by atoms with Crippen LogP contribution in [0.15, 0.2) is 30.9 Å². The lowest BCUT2D eigenvalue weighted by atomic mass is 9.77. The van der Waals surface area contributed by atoms with Crippen molar-refractivity contribution < 1.29 is 9.18 Å². The van der Waals surface area contributed by atoms with Gasteiger partial charge in [-0.05, 0) is 25.0 Å². The maximum absolute atomic E-state index is 13.5. The highest BCUT2D eigenvalue weighted by atomic mass is 19.1. The molecule has 33 heavy (non-hydrogen) atoms. The fraction of sp³-hybridized carbons (Fsp3) is 0.318. The Morgan fingerprint density at radius 2 is 2.15 bits per heavy atom. The van der Waals surface area contributed by atoms with Crippen LogP contribution in [0.25, 0.3) is 17.2 Å². The first-order valence-electron chi connectivity index (χ1n) is 10.9. The fourth-order valence-corrected chi connectivity index (χ4v) is 5.14. The predicted molar refractivity (Wildman–Crippen MR) is 115 cm³/mol. The molecule has 10 nitrogen and oxygen atoms in total. The van der Waals surface area contributed by atoms with Crippen molar-refractivity contribution >= 4 is 23.2 Å². The quantitative estimate of drug-likeness (QED) is 0.465. The van der Waals surface area contributed by atoms with Gasteiger partial charge in [-0.2, -0.15) is 5.10 Å². The molecule has 7 heterocycles. The van der Waals surface area contributed by atoms with E-state index in [-0.39, 0.29) is 11.9 Å². The average Bonchev–Trinajstić information content (AvgIpc) is 3.22. The van der Waals surface area contributed by atoms with Crippen molar-refractivity contribution in [1.29, 1.82) is 0 Å². The number of carbonyl (C=O) groups excluding carboxylic acids is 1. The van der Waals surface area contributed by atoms with Crippen molar-refractivity contribution in [2.75, 3.05) is 16.8 Å². The average molecular weight is 443 g/mol. The molecular formula is C22H18FN9O. The molecule has 3 aliphatic heterocycles. The van der Waals surface area contributed by atoms with E-state index >= 15 is 0 Å². The van der Waals surface area contributed by atoms with Crippen LogP contribution in [0.5, 0.6) is 0 Å². The van der Waals surface area contributed by atoms with Crippen LogP contribution in [0, 0.1) is 5.82 Å². The second-order valence-corrected chi connectivity index (χ2v) is 8.59. The van der Waals surface area contributed by atoms with Crippen molar-refractivity contribution in [3.63, 3.8) is 0 Å². The van der Waals surface area contributed by atoms with Gasteiger partial charge in [0.15, 0.2) is 11.5 Å². The van der Waals surface area contributed by atoms with Crippen LogP contribution in [0.4, 0.5) is 16.0 Å². The zero-order valence-corrected chi connectivity index (χ0v) is 17.7. The van der Waals surface area contributed by atoms with Gasteiger partial charge < -0.3 is 10.2 Å². The molecular weight excluding hydrogens is 425 g/mol. The molecule has 1 fully saturated rings. The Bertz CT molecular complexity index is 1470. The van der Waals surface area contributed by atoms with Gasteiger partial charge in [0.2, 0.25) is 5.91 Å². The topological polar surface area (TPSA) is 114 Å². The summed E-state index contributed by atoms with van der Waals surface area (Å²) in [4.78, 5) is 38.3. The largest absolute Gasteiger partial charge is 0.347 e. The van der Waals surface area contributed by atoms with Gasteiger partial charge in [-0.15, -0.1) is 0 Å². The minimum atomic E-state index is -1.02. The number of nitrogens with zero attached hydrogens (tertiary/aromatic N) is 8. The van der Waals surface area contributed by atoms with Gasteiger partial charge in [0.1, 0.15) is 34.9 Å². The van der Waals surface area contributed by atoms with Crippen molar-refractivity contribution in [2.24, 2.45) is 0 Å². The van der Waals surface area contributed by atoms with Gasteiger partial charge >= 0.3 is 0 Å². The summed E-state index contributed by atoms with van der Waals surface area (Å²) >= 11 is 0. The number of aryl methyl sites for hydroxylation is 1. The van der Waals surface area contributed by atoms with E-state index in [9.17, 15) is 9.18 Å². The summed E-state index contributed by atoms with van der Waals surface area (Å²) in [5.41, 5.74) is 2.32. The van der Waals surface area contributed by atoms with Crippen LogP contribution in [-0.2, 0) is 16.6 Å². The minimum Gasteiger partial charge on any atom is -0.347 e. The van der Waals surface area contributed by atoms with Crippen LogP contribution in [0.3, 0.4) is 0 Å². The number of hydrogen-bond acceptors (Lipinski definition) is 8. The first-order chi connectivity index (χ1) is 16.1. The number of rotatable bonds is 5. The molecule has 0 saturated carbocycles. The van der Waals surface area contributed by atoms with E-state index in [2.05, 4.69) is 37.2 Å². The van der Waals surface area contributed by atoms with Crippen molar-refractivity contribution in [2.45, 2.75) is 37.6 Å². The van der Waals surface area contributed by atoms with Crippen LogP contribution in [0.1, 0.15) is 36.7 Å². The normalized spacial score (nSPS) is 21.9. The van der Waals surface area contributed by atoms with E-state index in [4.69, 9.17) is 9.97 Å². The van der Waals surface area contributed by atoms with E-state index in [0.717, 1.165) is 36.8 Å². The highest BCUT2D eigenvalue weighted by molar-refractivity contribution is 6.13. The van der Waals surface area contributed by atoms with E-state index in [1.165, 1.54) is 12.4 Å². The van der Waals surface area contributed by atoms with E-state index in [1.807, 2.05) is 0 Å². The molecule has 1 amide bonds. The number of unbranched alkanes of at least 4 members (excludes halogenated alkanes) is 1. The maximum atomic E-state index is 13.5. The van der Waals surface area contributed by atoms with Crippen LogP contribution < -0.4 is 10.2 Å². The van der Waals surface area contributed by atoms with Crippen LogP contribution in [-0.4, -0.2) is 53.0 Å². The third-order valence-corrected chi connectivity index (χ3v) is 6.72. The van der Waals surface area contributed by atoms with Crippen molar-refractivity contribution in [3.05, 3.63) is 53.6 Å². The van der Waals surface area contributed by atoms with Crippen LogP contribution in [0.2, 0.25) is 0 Å². The molecule has 11 heteroatoms. The Morgan fingerprint density at radius 1 is 1.24 bits per heavy atom. The number of pyridine rings is 1. The van der Waals surface area contributed by atoms with Crippen molar-refractivity contribution in [1.82, 2.24) is 34.5 Å². The zero-order chi connectivity index (χ0) is 22.3. The Morgan fingerprint density at radius 3 is 2.97 bits per heavy atom. The molecule has 4 aromatic rings. The summed E-state index contributed by atoms with van der Waals surface area (Å²) in [5, 5.41) is 7.21. The van der Waals surface area contributed by atoms with Gasteiger partial charge in [0.05, 0.1) is 35.4 Å². The van der Waals surface area contributed by atoms with E-state index in [1.54, 1.807) is 16.8 Å². The number of nitrogens with one attached hydrogen (secondary N) is 1. The summed E-state index contributed by atoms with van der Waals surface area (Å²) in [6.45, 7) is 2.80. The molecule has 0 aromatic carbocycles. The number of hydrogen-bond donors (Lipinski definition) is 1. The summed E-state index contributed by atoms with van der Waals surface area (Å²) in [6.07, 6.45) is 7.19. The summed E-state index contributed by atoms with van der Waals surface area (Å²) < 4.78 is 15.2. The minimum absolute atomic E-state index is 0.109. The number of carbonyl (C=O) groups is 1. The number of amides is 1. The number of anilines is 2. The van der Waals surface area contributed by atoms with E-state index in [0.29, 0.717) is 41.0 Å². The van der Waals surface area contributed by atoms with Gasteiger partial charge in [-0.25, -0.2) is 28.8 Å². The van der Waals surface area contributed by atoms with Gasteiger partial charge in [0.25, 0.3) is 0 Å². The third kappa shape index (κ3) is 2.33. The molecule has 2 unspecified atom stereocenters. The molecule has 1 N–H and O–H groups in total. The first kappa shape index (κ1) is 18.5. The maximum Gasteiger partial charge on any atom is 0.244 e. The number of aromatic nitrogens is 7. The molecule has 0 spiro atoms. The Balaban J connectivity index is 1.40. The standard InChI is InChI=1S/C22H18FN9O/c1-2-3-4-12-19-25-10-26-32(19)8-13(27-12)17-28-18-16-20(29-17)31-9-15(31)22(16,21(33)30-18)14-6-5-11(23)7-24-14/h5-8,10,15H,2-4,9H2,1H3,(H,28,29,30,33). The Hall–Kier alpha value is -4.02. The SMILES string of the molecule is CCCCc1nc(-c2nc3c4c(n2)N2CC2C4(c2ccc(F)cn2)C(=O)N3)cn2ncnc12. The lowest BCUT2D eigenvalue weighted by molar-refractivity contribution is -0.119. The van der Waals surface area contributed by atoms with Gasteiger partial charge in [0, 0.05) is 6.54 Å². The molecule has 2 atom stereocenters. The Labute approximate surface area is 186 Å². The molecule has 0 aliphatic carbocycles. The lowest BCUT2D eigenvalue weighted by Gasteiger charge is -2.22. The monoisotopic (exact) mass is 443 g/mol. The second-order valence-electron chi connectivity index (χ2n) is 8.59. The number of halogens is 1. The molecule has 7 rings (SSSR count). The first-order valence-corrected chi connectivity index (χ1v) is 10.9. The lowest BCUT2D eigenvalue weighted by Crippen LogP contribution is -2.41.